The topological polar surface area (TPSA) is 135 Å². The lowest BCUT2D eigenvalue weighted by molar-refractivity contribution is -0.258. The van der Waals surface area contributed by atoms with Gasteiger partial charge in [0.15, 0.2) is 23.2 Å². The van der Waals surface area contributed by atoms with Gasteiger partial charge in [-0.1, -0.05) is 0 Å². The molecule has 1 rings (SSSR count). The Labute approximate surface area is 167 Å². The Kier molecular flexibility index (Phi) is 9.18. The van der Waals surface area contributed by atoms with Gasteiger partial charge in [-0.3, -0.25) is 19.2 Å². The van der Waals surface area contributed by atoms with E-state index in [9.17, 15) is 24.3 Å². The van der Waals surface area contributed by atoms with Gasteiger partial charge in [-0.15, -0.1) is 11.8 Å². The SMILES string of the molecule is CC(=O)OC[C@H]1O[C@@](C)(SCCO)[C@H](OC(C)=O)[C@@H](OC(C)=O)[C@@H]1OC(C)=O. The van der Waals surface area contributed by atoms with Crippen LogP contribution in [0, 0.1) is 0 Å². The van der Waals surface area contributed by atoms with Crippen LogP contribution in [0.1, 0.15) is 34.6 Å². The lowest BCUT2D eigenvalue weighted by atomic mass is 9.94. The Morgan fingerprint density at radius 3 is 1.93 bits per heavy atom. The van der Waals surface area contributed by atoms with E-state index in [1.807, 2.05) is 0 Å². The van der Waals surface area contributed by atoms with Crippen LogP contribution >= 0.6 is 11.8 Å². The summed E-state index contributed by atoms with van der Waals surface area (Å²) in [4.78, 5) is 44.9. The van der Waals surface area contributed by atoms with Crippen molar-refractivity contribution in [3.8, 4) is 0 Å². The van der Waals surface area contributed by atoms with Crippen molar-refractivity contribution < 1.29 is 48.0 Å². The highest BCUT2D eigenvalue weighted by Gasteiger charge is 2.58. The number of carbonyl (C=O) groups is 4. The Bertz CT molecular complexity index is 594. The van der Waals surface area contributed by atoms with Crippen LogP contribution < -0.4 is 0 Å². The van der Waals surface area contributed by atoms with Crippen molar-refractivity contribution in [3.63, 3.8) is 0 Å². The third-order valence-electron chi connectivity index (χ3n) is 3.72. The van der Waals surface area contributed by atoms with E-state index in [0.717, 1.165) is 25.6 Å². The van der Waals surface area contributed by atoms with Crippen LogP contribution in [0.4, 0.5) is 0 Å². The molecule has 0 saturated carbocycles. The van der Waals surface area contributed by atoms with Crippen molar-refractivity contribution in [1.29, 1.82) is 0 Å². The van der Waals surface area contributed by atoms with E-state index in [-0.39, 0.29) is 19.0 Å². The molecule has 1 saturated heterocycles. The van der Waals surface area contributed by atoms with Gasteiger partial charge in [-0.05, 0) is 6.92 Å². The van der Waals surface area contributed by atoms with Gasteiger partial charge >= 0.3 is 23.9 Å². The maximum atomic E-state index is 11.7. The monoisotopic (exact) mass is 422 g/mol. The predicted molar refractivity (Wildman–Crippen MR) is 96.1 cm³/mol. The molecule has 1 aliphatic rings. The molecule has 0 aromatic heterocycles. The number of aliphatic hydroxyl groups excluding tert-OH is 1. The van der Waals surface area contributed by atoms with Crippen molar-refractivity contribution in [1.82, 2.24) is 0 Å². The summed E-state index contributed by atoms with van der Waals surface area (Å²) in [5.74, 6) is -2.41. The number of hydrogen-bond acceptors (Lipinski definition) is 11. The van der Waals surface area contributed by atoms with Crippen LogP contribution in [-0.4, -0.2) is 77.3 Å². The van der Waals surface area contributed by atoms with E-state index in [1.165, 1.54) is 13.8 Å². The smallest absolute Gasteiger partial charge is 0.303 e. The standard InChI is InChI=1S/C17H26O10S/c1-9(19)23-8-13-14(24-10(2)20)15(25-11(3)21)16(26-12(4)22)17(5,27-13)28-7-6-18/h13-16,18H,6-8H2,1-5H3/t13-,14-,15+,16-,17+/m1/s1. The maximum absolute atomic E-state index is 11.7. The van der Waals surface area contributed by atoms with E-state index in [4.69, 9.17) is 23.7 Å². The minimum absolute atomic E-state index is 0.184. The summed E-state index contributed by atoms with van der Waals surface area (Å²) < 4.78 is 27.0. The molecule has 0 aromatic carbocycles. The van der Waals surface area contributed by atoms with Crippen molar-refractivity contribution in [3.05, 3.63) is 0 Å². The van der Waals surface area contributed by atoms with Gasteiger partial charge in [0.2, 0.25) is 0 Å². The first kappa shape index (κ1) is 24.2. The number of esters is 4. The quantitative estimate of drug-likeness (QED) is 0.424. The van der Waals surface area contributed by atoms with Crippen LogP contribution in [0.25, 0.3) is 0 Å². The summed E-state index contributed by atoms with van der Waals surface area (Å²) in [5, 5.41) is 9.20. The molecule has 28 heavy (non-hydrogen) atoms. The van der Waals surface area contributed by atoms with E-state index in [2.05, 4.69) is 0 Å². The molecule has 160 valence electrons. The second-order valence-corrected chi connectivity index (χ2v) is 7.73. The number of hydrogen-bond donors (Lipinski definition) is 1. The Hall–Kier alpha value is -1.85. The zero-order valence-corrected chi connectivity index (χ0v) is 17.3. The van der Waals surface area contributed by atoms with Gasteiger partial charge in [-0.25, -0.2) is 0 Å². The number of ether oxygens (including phenoxy) is 5. The van der Waals surface area contributed by atoms with E-state index in [1.54, 1.807) is 6.92 Å². The molecule has 1 heterocycles. The maximum Gasteiger partial charge on any atom is 0.303 e. The van der Waals surface area contributed by atoms with Gasteiger partial charge in [0.05, 0.1) is 6.61 Å². The lowest BCUT2D eigenvalue weighted by Crippen LogP contribution is -2.66. The van der Waals surface area contributed by atoms with Crippen molar-refractivity contribution in [2.45, 2.75) is 64.0 Å². The largest absolute Gasteiger partial charge is 0.463 e. The highest BCUT2D eigenvalue weighted by molar-refractivity contribution is 8.00. The molecule has 0 bridgehead atoms. The van der Waals surface area contributed by atoms with Crippen molar-refractivity contribution in [2.24, 2.45) is 0 Å². The minimum Gasteiger partial charge on any atom is -0.463 e. The molecule has 0 aromatic rings. The Morgan fingerprint density at radius 2 is 1.46 bits per heavy atom. The molecule has 0 spiro atoms. The zero-order chi connectivity index (χ0) is 21.5. The van der Waals surface area contributed by atoms with Gasteiger partial charge in [0.1, 0.15) is 12.7 Å². The number of aliphatic hydroxyl groups is 1. The molecular weight excluding hydrogens is 396 g/mol. The van der Waals surface area contributed by atoms with Crippen molar-refractivity contribution in [2.75, 3.05) is 19.0 Å². The zero-order valence-electron chi connectivity index (χ0n) is 16.5. The summed E-state index contributed by atoms with van der Waals surface area (Å²) >= 11 is 1.12. The second kappa shape index (κ2) is 10.6. The van der Waals surface area contributed by atoms with E-state index in [0.29, 0.717) is 0 Å². The summed E-state index contributed by atoms with van der Waals surface area (Å²) in [6, 6.07) is 0. The summed E-state index contributed by atoms with van der Waals surface area (Å²) in [5.41, 5.74) is 0. The molecule has 11 heteroatoms. The molecule has 10 nitrogen and oxygen atoms in total. The third kappa shape index (κ3) is 6.95. The van der Waals surface area contributed by atoms with Crippen LogP contribution in [0.3, 0.4) is 0 Å². The molecular formula is C17H26O10S. The number of carbonyl (C=O) groups excluding carboxylic acids is 4. The minimum atomic E-state index is -1.28. The first-order chi connectivity index (χ1) is 13.0. The van der Waals surface area contributed by atoms with Crippen LogP contribution in [0.2, 0.25) is 0 Å². The first-order valence-corrected chi connectivity index (χ1v) is 9.56. The number of thioether (sulfide) groups is 1. The molecule has 0 unspecified atom stereocenters. The molecule has 0 amide bonds. The van der Waals surface area contributed by atoms with E-state index >= 15 is 0 Å². The fraction of sp³-hybridized carbons (Fsp3) is 0.765. The van der Waals surface area contributed by atoms with Crippen LogP contribution in [0.15, 0.2) is 0 Å². The molecule has 5 atom stereocenters. The summed E-state index contributed by atoms with van der Waals surface area (Å²) in [7, 11) is 0. The predicted octanol–water partition coefficient (Wildman–Crippen LogP) is 0.185. The van der Waals surface area contributed by atoms with Gasteiger partial charge in [0.25, 0.3) is 0 Å². The van der Waals surface area contributed by atoms with Crippen molar-refractivity contribution >= 4 is 35.6 Å². The molecule has 0 aliphatic carbocycles. The highest BCUT2D eigenvalue weighted by atomic mass is 32.2. The average Bonchev–Trinajstić information content (AvgIpc) is 2.56. The first-order valence-electron chi connectivity index (χ1n) is 8.57. The fourth-order valence-corrected chi connectivity index (χ4v) is 3.85. The van der Waals surface area contributed by atoms with Gasteiger partial charge in [-0.2, -0.15) is 0 Å². The summed E-state index contributed by atoms with van der Waals surface area (Å²) in [6.45, 7) is 5.81. The Balaban J connectivity index is 3.37. The molecule has 1 fully saturated rings. The van der Waals surface area contributed by atoms with Crippen LogP contribution in [-0.2, 0) is 42.9 Å². The average molecular weight is 422 g/mol. The molecule has 1 N–H and O–H groups in total. The third-order valence-corrected chi connectivity index (χ3v) is 5.01. The molecule has 1 aliphatic heterocycles. The lowest BCUT2D eigenvalue weighted by Gasteiger charge is -2.49. The van der Waals surface area contributed by atoms with E-state index < -0.39 is 53.2 Å². The van der Waals surface area contributed by atoms with Gasteiger partial charge in [0, 0.05) is 33.4 Å². The molecule has 0 radical (unpaired) electrons. The normalized spacial score (nSPS) is 29.5. The van der Waals surface area contributed by atoms with Crippen LogP contribution in [0.5, 0.6) is 0 Å². The number of rotatable bonds is 8. The fourth-order valence-electron chi connectivity index (χ4n) is 2.82. The second-order valence-electron chi connectivity index (χ2n) is 6.23. The highest BCUT2D eigenvalue weighted by Crippen LogP contribution is 2.42. The summed E-state index contributed by atoms with van der Waals surface area (Å²) in [6.07, 6.45) is -4.55. The Morgan fingerprint density at radius 1 is 0.929 bits per heavy atom. The van der Waals surface area contributed by atoms with Gasteiger partial charge < -0.3 is 28.8 Å².